The number of hydrogen-bond donors (Lipinski definition) is 2. The Labute approximate surface area is 95.5 Å². The summed E-state index contributed by atoms with van der Waals surface area (Å²) in [6.45, 7) is 3.92. The molecule has 0 aliphatic heterocycles. The van der Waals surface area contributed by atoms with Crippen molar-refractivity contribution < 1.29 is 9.90 Å². The van der Waals surface area contributed by atoms with Gasteiger partial charge in [-0.3, -0.25) is 4.79 Å². The number of phenols is 1. The van der Waals surface area contributed by atoms with Crippen molar-refractivity contribution in [2.45, 2.75) is 38.6 Å². The molecule has 1 aromatic carbocycles. The van der Waals surface area contributed by atoms with Crippen molar-refractivity contribution in [2.24, 2.45) is 0 Å². The van der Waals surface area contributed by atoms with Crippen LogP contribution in [-0.4, -0.2) is 16.6 Å². The van der Waals surface area contributed by atoms with E-state index < -0.39 is 0 Å². The summed E-state index contributed by atoms with van der Waals surface area (Å²) in [5.41, 5.74) is 1.23. The first-order chi connectivity index (χ1) is 7.50. The van der Waals surface area contributed by atoms with Crippen LogP contribution in [-0.2, 0) is 0 Å². The van der Waals surface area contributed by atoms with Gasteiger partial charge in [-0.2, -0.15) is 0 Å². The van der Waals surface area contributed by atoms with Gasteiger partial charge in [0.25, 0.3) is 5.91 Å². The molecule has 2 N–H and O–H groups in total. The number of phenolic OH excluding ortho intramolecular Hbond substituents is 1. The first-order valence-electron chi connectivity index (χ1n) is 5.62. The van der Waals surface area contributed by atoms with Gasteiger partial charge < -0.3 is 10.4 Å². The minimum atomic E-state index is -0.181. The van der Waals surface area contributed by atoms with Crippen LogP contribution in [0.25, 0.3) is 0 Å². The minimum absolute atomic E-state index is 0.0559. The largest absolute Gasteiger partial charge is 0.507 e. The van der Waals surface area contributed by atoms with Crippen molar-refractivity contribution in [2.75, 3.05) is 0 Å². The van der Waals surface area contributed by atoms with E-state index in [0.29, 0.717) is 5.56 Å². The normalized spacial score (nSPS) is 17.6. The summed E-state index contributed by atoms with van der Waals surface area (Å²) in [5, 5.41) is 12.7. The average molecular weight is 219 g/mol. The monoisotopic (exact) mass is 219 g/mol. The van der Waals surface area contributed by atoms with Gasteiger partial charge in [0.15, 0.2) is 0 Å². The van der Waals surface area contributed by atoms with Gasteiger partial charge in [0.1, 0.15) is 5.75 Å². The van der Waals surface area contributed by atoms with Crippen LogP contribution in [0.3, 0.4) is 0 Å². The van der Waals surface area contributed by atoms with Gasteiger partial charge in [-0.05, 0) is 50.8 Å². The second-order valence-electron chi connectivity index (χ2n) is 4.89. The van der Waals surface area contributed by atoms with Crippen LogP contribution in [0.1, 0.15) is 42.1 Å². The lowest BCUT2D eigenvalue weighted by Gasteiger charge is -2.39. The number of carbonyl (C=O) groups excluding carboxylic acids is 1. The van der Waals surface area contributed by atoms with Crippen molar-refractivity contribution in [1.29, 1.82) is 0 Å². The van der Waals surface area contributed by atoms with Gasteiger partial charge in [0.2, 0.25) is 0 Å². The van der Waals surface area contributed by atoms with E-state index in [2.05, 4.69) is 5.32 Å². The first kappa shape index (κ1) is 11.0. The average Bonchev–Trinajstić information content (AvgIpc) is 2.14. The van der Waals surface area contributed by atoms with Crippen molar-refractivity contribution >= 4 is 5.91 Å². The third kappa shape index (κ3) is 2.03. The Morgan fingerprint density at radius 2 is 2.12 bits per heavy atom. The molecule has 16 heavy (non-hydrogen) atoms. The third-order valence-corrected chi connectivity index (χ3v) is 3.27. The lowest BCUT2D eigenvalue weighted by molar-refractivity contribution is 0.0848. The Hall–Kier alpha value is -1.51. The fraction of sp³-hybridized carbons (Fsp3) is 0.462. The van der Waals surface area contributed by atoms with Gasteiger partial charge >= 0.3 is 0 Å². The third-order valence-electron chi connectivity index (χ3n) is 3.27. The highest BCUT2D eigenvalue weighted by molar-refractivity contribution is 5.97. The number of amides is 1. The van der Waals surface area contributed by atoms with E-state index >= 15 is 0 Å². The number of carbonyl (C=O) groups is 1. The van der Waals surface area contributed by atoms with Crippen molar-refractivity contribution in [3.8, 4) is 5.75 Å². The molecule has 1 aliphatic rings. The van der Waals surface area contributed by atoms with Crippen LogP contribution in [0.2, 0.25) is 0 Å². The van der Waals surface area contributed by atoms with Gasteiger partial charge in [-0.15, -0.1) is 0 Å². The molecule has 0 unspecified atom stereocenters. The molecule has 1 fully saturated rings. The van der Waals surface area contributed by atoms with Gasteiger partial charge in [0, 0.05) is 5.54 Å². The quantitative estimate of drug-likeness (QED) is 0.802. The first-order valence-corrected chi connectivity index (χ1v) is 5.62. The van der Waals surface area contributed by atoms with E-state index in [0.717, 1.165) is 24.8 Å². The zero-order valence-corrected chi connectivity index (χ0v) is 9.71. The molecule has 0 atom stereocenters. The minimum Gasteiger partial charge on any atom is -0.507 e. The Kier molecular flexibility index (Phi) is 2.62. The molecule has 1 saturated carbocycles. The summed E-state index contributed by atoms with van der Waals surface area (Å²) in [6.07, 6.45) is 3.20. The van der Waals surface area contributed by atoms with Gasteiger partial charge in [0.05, 0.1) is 5.56 Å². The number of aryl methyl sites for hydroxylation is 1. The van der Waals surface area contributed by atoms with E-state index in [-0.39, 0.29) is 17.2 Å². The summed E-state index contributed by atoms with van der Waals surface area (Å²) in [6, 6.07) is 5.11. The zero-order valence-electron chi connectivity index (χ0n) is 9.71. The standard InChI is InChI=1S/C13H17NO2/c1-9-4-5-10(11(15)8-9)12(16)14-13(2)6-3-7-13/h4-5,8,15H,3,6-7H2,1-2H3,(H,14,16). The molecule has 0 bridgehead atoms. The van der Waals surface area contributed by atoms with E-state index in [1.807, 2.05) is 19.9 Å². The van der Waals surface area contributed by atoms with Crippen molar-refractivity contribution in [3.05, 3.63) is 29.3 Å². The molecule has 1 aliphatic carbocycles. The Morgan fingerprint density at radius 3 is 2.62 bits per heavy atom. The van der Waals surface area contributed by atoms with E-state index in [4.69, 9.17) is 0 Å². The highest BCUT2D eigenvalue weighted by Gasteiger charge is 2.33. The lowest BCUT2D eigenvalue weighted by atomic mass is 9.78. The van der Waals surface area contributed by atoms with E-state index in [1.165, 1.54) is 0 Å². The second kappa shape index (κ2) is 3.81. The maximum atomic E-state index is 11.9. The van der Waals surface area contributed by atoms with E-state index in [1.54, 1.807) is 12.1 Å². The summed E-state index contributed by atoms with van der Waals surface area (Å²) in [5.74, 6) is -0.125. The molecule has 0 spiro atoms. The number of benzene rings is 1. The molecule has 86 valence electrons. The number of nitrogens with one attached hydrogen (secondary N) is 1. The maximum Gasteiger partial charge on any atom is 0.255 e. The number of aromatic hydroxyl groups is 1. The van der Waals surface area contributed by atoms with Crippen molar-refractivity contribution in [3.63, 3.8) is 0 Å². The Bertz CT molecular complexity index is 422. The molecular formula is C13H17NO2. The summed E-state index contributed by atoms with van der Waals surface area (Å²) < 4.78 is 0. The molecule has 2 rings (SSSR count). The molecule has 3 nitrogen and oxygen atoms in total. The highest BCUT2D eigenvalue weighted by Crippen LogP contribution is 2.31. The molecule has 1 aromatic rings. The van der Waals surface area contributed by atoms with Crippen LogP contribution in [0.4, 0.5) is 0 Å². The fourth-order valence-corrected chi connectivity index (χ4v) is 2.01. The molecule has 0 saturated heterocycles. The maximum absolute atomic E-state index is 11.9. The molecule has 0 aromatic heterocycles. The molecule has 3 heteroatoms. The second-order valence-corrected chi connectivity index (χ2v) is 4.89. The van der Waals surface area contributed by atoms with Gasteiger partial charge in [-0.1, -0.05) is 6.07 Å². The molecule has 1 amide bonds. The number of rotatable bonds is 2. The van der Waals surface area contributed by atoms with E-state index in [9.17, 15) is 9.90 Å². The summed E-state index contributed by atoms with van der Waals surface area (Å²) in [7, 11) is 0. The molecule has 0 heterocycles. The predicted molar refractivity (Wildman–Crippen MR) is 62.6 cm³/mol. The lowest BCUT2D eigenvalue weighted by Crippen LogP contribution is -2.50. The SMILES string of the molecule is Cc1ccc(C(=O)NC2(C)CCC2)c(O)c1. The smallest absolute Gasteiger partial charge is 0.255 e. The van der Waals surface area contributed by atoms with Gasteiger partial charge in [-0.25, -0.2) is 0 Å². The molecular weight excluding hydrogens is 202 g/mol. The van der Waals surface area contributed by atoms with Crippen molar-refractivity contribution in [1.82, 2.24) is 5.32 Å². The van der Waals surface area contributed by atoms with Crippen LogP contribution in [0.5, 0.6) is 5.75 Å². The topological polar surface area (TPSA) is 49.3 Å². The Morgan fingerprint density at radius 1 is 1.44 bits per heavy atom. The van der Waals surface area contributed by atoms with Crippen LogP contribution < -0.4 is 5.32 Å². The summed E-state index contributed by atoms with van der Waals surface area (Å²) >= 11 is 0. The zero-order chi connectivity index (χ0) is 11.8. The number of hydrogen-bond acceptors (Lipinski definition) is 2. The summed E-state index contributed by atoms with van der Waals surface area (Å²) in [4.78, 5) is 11.9. The Balaban J connectivity index is 2.14. The van der Waals surface area contributed by atoms with Crippen LogP contribution >= 0.6 is 0 Å². The fourth-order valence-electron chi connectivity index (χ4n) is 2.01. The predicted octanol–water partition coefficient (Wildman–Crippen LogP) is 2.37. The molecule has 0 radical (unpaired) electrons. The highest BCUT2D eigenvalue weighted by atomic mass is 16.3. The van der Waals surface area contributed by atoms with Crippen LogP contribution in [0, 0.1) is 6.92 Å². The van der Waals surface area contributed by atoms with Crippen LogP contribution in [0.15, 0.2) is 18.2 Å².